The van der Waals surface area contributed by atoms with Gasteiger partial charge in [-0.3, -0.25) is 0 Å². The van der Waals surface area contributed by atoms with Crippen LogP contribution in [0.5, 0.6) is 0 Å². The molecule has 1 fully saturated rings. The molecule has 1 aliphatic carbocycles. The molecule has 0 saturated heterocycles. The first-order valence-corrected chi connectivity index (χ1v) is 7.24. The summed E-state index contributed by atoms with van der Waals surface area (Å²) in [6.45, 7) is 7.20. The highest BCUT2D eigenvalue weighted by Gasteiger charge is 2.37. The van der Waals surface area contributed by atoms with E-state index in [1.165, 1.54) is 19.3 Å². The third kappa shape index (κ3) is 6.14. The molecule has 0 amide bonds. The van der Waals surface area contributed by atoms with Gasteiger partial charge >= 0.3 is 0 Å². The lowest BCUT2D eigenvalue weighted by Gasteiger charge is -2.42. The van der Waals surface area contributed by atoms with E-state index in [1.54, 1.807) is 7.11 Å². The molecule has 1 N–H and O–H groups in total. The van der Waals surface area contributed by atoms with Gasteiger partial charge in [-0.1, -0.05) is 6.92 Å². The van der Waals surface area contributed by atoms with E-state index in [0.717, 1.165) is 45.8 Å². The van der Waals surface area contributed by atoms with Gasteiger partial charge in [-0.15, -0.1) is 0 Å². The second-order valence-electron chi connectivity index (χ2n) is 4.95. The minimum Gasteiger partial charge on any atom is -0.385 e. The molecule has 108 valence electrons. The van der Waals surface area contributed by atoms with Crippen LogP contribution in [0.25, 0.3) is 0 Å². The highest BCUT2D eigenvalue weighted by molar-refractivity contribution is 4.90. The van der Waals surface area contributed by atoms with Crippen molar-refractivity contribution in [3.05, 3.63) is 0 Å². The number of rotatable bonds is 12. The summed E-state index contributed by atoms with van der Waals surface area (Å²) in [6.07, 6.45) is 5.82. The van der Waals surface area contributed by atoms with Gasteiger partial charge < -0.3 is 19.5 Å². The van der Waals surface area contributed by atoms with Gasteiger partial charge in [0.05, 0.1) is 18.8 Å². The predicted octanol–water partition coefficient (Wildman–Crippen LogP) is 1.98. The predicted molar refractivity (Wildman–Crippen MR) is 73.0 cm³/mol. The topological polar surface area (TPSA) is 39.7 Å². The van der Waals surface area contributed by atoms with Crippen LogP contribution in [0.4, 0.5) is 0 Å². The van der Waals surface area contributed by atoms with Crippen molar-refractivity contribution in [3.8, 4) is 0 Å². The van der Waals surface area contributed by atoms with Gasteiger partial charge in [-0.05, 0) is 45.2 Å². The van der Waals surface area contributed by atoms with Crippen molar-refractivity contribution in [2.24, 2.45) is 0 Å². The van der Waals surface area contributed by atoms with Crippen molar-refractivity contribution in [1.29, 1.82) is 0 Å². The number of ether oxygens (including phenoxy) is 3. The van der Waals surface area contributed by atoms with Crippen LogP contribution in [0.3, 0.4) is 0 Å². The largest absolute Gasteiger partial charge is 0.385 e. The minimum atomic E-state index is 0.151. The molecule has 0 aromatic heterocycles. The summed E-state index contributed by atoms with van der Waals surface area (Å²) < 4.78 is 16.5. The van der Waals surface area contributed by atoms with E-state index in [9.17, 15) is 0 Å². The minimum absolute atomic E-state index is 0.151. The molecule has 0 aromatic carbocycles. The van der Waals surface area contributed by atoms with Gasteiger partial charge in [-0.2, -0.15) is 0 Å². The molecule has 0 bridgehead atoms. The molecular weight excluding hydrogens is 230 g/mol. The van der Waals surface area contributed by atoms with Crippen LogP contribution in [-0.4, -0.2) is 52.2 Å². The Kier molecular flexibility index (Phi) is 8.59. The first-order valence-electron chi connectivity index (χ1n) is 7.24. The number of hydrogen-bond donors (Lipinski definition) is 1. The van der Waals surface area contributed by atoms with Crippen molar-refractivity contribution in [3.63, 3.8) is 0 Å². The van der Waals surface area contributed by atoms with E-state index in [2.05, 4.69) is 12.2 Å². The summed E-state index contributed by atoms with van der Waals surface area (Å²) in [5.41, 5.74) is 0.151. The lowest BCUT2D eigenvalue weighted by Crippen LogP contribution is -2.43. The second kappa shape index (κ2) is 9.73. The summed E-state index contributed by atoms with van der Waals surface area (Å²) in [5, 5.41) is 3.37. The Labute approximate surface area is 111 Å². The summed E-state index contributed by atoms with van der Waals surface area (Å²) in [7, 11) is 1.72. The van der Waals surface area contributed by atoms with Gasteiger partial charge in [0.25, 0.3) is 0 Å². The molecule has 4 heteroatoms. The highest BCUT2D eigenvalue weighted by atomic mass is 16.5. The molecular formula is C14H29NO3. The third-order valence-corrected chi connectivity index (χ3v) is 3.55. The van der Waals surface area contributed by atoms with E-state index < -0.39 is 0 Å². The Bertz CT molecular complexity index is 195. The first kappa shape index (κ1) is 15.9. The second-order valence-corrected chi connectivity index (χ2v) is 4.95. The smallest absolute Gasteiger partial charge is 0.0708 e. The maximum atomic E-state index is 6.02. The van der Waals surface area contributed by atoms with E-state index in [4.69, 9.17) is 14.2 Å². The van der Waals surface area contributed by atoms with Gasteiger partial charge in [-0.25, -0.2) is 0 Å². The number of nitrogens with one attached hydrogen (secondary N) is 1. The molecule has 4 nitrogen and oxygen atoms in total. The molecule has 0 spiro atoms. The summed E-state index contributed by atoms with van der Waals surface area (Å²) in [4.78, 5) is 0. The van der Waals surface area contributed by atoms with E-state index in [1.807, 2.05) is 0 Å². The molecule has 0 atom stereocenters. The number of methoxy groups -OCH3 is 1. The Hall–Kier alpha value is -0.160. The van der Waals surface area contributed by atoms with Crippen molar-refractivity contribution >= 4 is 0 Å². The van der Waals surface area contributed by atoms with Gasteiger partial charge in [0.1, 0.15) is 0 Å². The highest BCUT2D eigenvalue weighted by Crippen LogP contribution is 2.38. The van der Waals surface area contributed by atoms with Crippen LogP contribution in [0, 0.1) is 0 Å². The fourth-order valence-corrected chi connectivity index (χ4v) is 2.26. The van der Waals surface area contributed by atoms with Crippen molar-refractivity contribution < 1.29 is 14.2 Å². The van der Waals surface area contributed by atoms with Gasteiger partial charge in [0.2, 0.25) is 0 Å². The average molecular weight is 259 g/mol. The van der Waals surface area contributed by atoms with Crippen LogP contribution in [0.15, 0.2) is 0 Å². The van der Waals surface area contributed by atoms with Crippen LogP contribution >= 0.6 is 0 Å². The maximum Gasteiger partial charge on any atom is 0.0708 e. The third-order valence-electron chi connectivity index (χ3n) is 3.55. The molecule has 1 saturated carbocycles. The Morgan fingerprint density at radius 2 is 1.94 bits per heavy atom. The molecule has 18 heavy (non-hydrogen) atoms. The summed E-state index contributed by atoms with van der Waals surface area (Å²) >= 11 is 0. The van der Waals surface area contributed by atoms with Crippen molar-refractivity contribution in [1.82, 2.24) is 5.32 Å². The molecule has 0 aromatic rings. The fourth-order valence-electron chi connectivity index (χ4n) is 2.26. The molecule has 0 radical (unpaired) electrons. The Balaban J connectivity index is 1.98. The molecule has 1 rings (SSSR count). The lowest BCUT2D eigenvalue weighted by molar-refractivity contribution is -0.118. The van der Waals surface area contributed by atoms with Crippen molar-refractivity contribution in [2.45, 2.75) is 44.6 Å². The van der Waals surface area contributed by atoms with E-state index >= 15 is 0 Å². The van der Waals surface area contributed by atoms with Crippen molar-refractivity contribution in [2.75, 3.05) is 46.6 Å². The Morgan fingerprint density at radius 3 is 2.56 bits per heavy atom. The Morgan fingerprint density at radius 1 is 1.11 bits per heavy atom. The molecule has 1 aliphatic rings. The standard InChI is InChI=1S/C14H29NO3/c1-3-15-9-8-14(6-4-7-14)18-13-12-17-11-5-10-16-2/h15H,3-13H2,1-2H3. The fraction of sp³-hybridized carbons (Fsp3) is 1.00. The SMILES string of the molecule is CCNCCC1(OCCOCCCOC)CCC1. The normalized spacial score (nSPS) is 17.7. The van der Waals surface area contributed by atoms with Crippen LogP contribution in [0.2, 0.25) is 0 Å². The monoisotopic (exact) mass is 259 g/mol. The summed E-state index contributed by atoms with van der Waals surface area (Å²) in [5.74, 6) is 0. The lowest BCUT2D eigenvalue weighted by atomic mass is 9.77. The van der Waals surface area contributed by atoms with Gasteiger partial charge in [0.15, 0.2) is 0 Å². The number of hydrogen-bond acceptors (Lipinski definition) is 4. The average Bonchev–Trinajstić information content (AvgIpc) is 2.34. The summed E-state index contributed by atoms with van der Waals surface area (Å²) in [6, 6.07) is 0. The van der Waals surface area contributed by atoms with E-state index in [0.29, 0.717) is 6.61 Å². The maximum absolute atomic E-state index is 6.02. The first-order chi connectivity index (χ1) is 8.83. The van der Waals surface area contributed by atoms with Crippen LogP contribution < -0.4 is 5.32 Å². The zero-order valence-electron chi connectivity index (χ0n) is 12.0. The molecule has 0 aliphatic heterocycles. The zero-order valence-corrected chi connectivity index (χ0v) is 12.0. The van der Waals surface area contributed by atoms with E-state index in [-0.39, 0.29) is 5.60 Å². The van der Waals surface area contributed by atoms with Crippen LogP contribution in [-0.2, 0) is 14.2 Å². The zero-order chi connectivity index (χ0) is 13.1. The quantitative estimate of drug-likeness (QED) is 0.544. The van der Waals surface area contributed by atoms with Crippen LogP contribution in [0.1, 0.15) is 39.0 Å². The molecule has 0 unspecified atom stereocenters. The molecule has 0 heterocycles. The van der Waals surface area contributed by atoms with Gasteiger partial charge in [0, 0.05) is 20.3 Å².